The molecule has 0 aromatic rings. The smallest absolute Gasteiger partial charge is 0.171 e. The highest BCUT2D eigenvalue weighted by atomic mass is 79.9. The van der Waals surface area contributed by atoms with Gasteiger partial charge in [0.05, 0.1) is 0 Å². The number of hydrogen-bond donors (Lipinski definition) is 0. The van der Waals surface area contributed by atoms with Crippen LogP contribution in [0.15, 0.2) is 0 Å². The molecule has 1 atom stereocenters. The first-order chi connectivity index (χ1) is 6.38. The van der Waals surface area contributed by atoms with Crippen LogP contribution in [-0.2, 0) is 4.43 Å². The lowest BCUT2D eigenvalue weighted by molar-refractivity contribution is 0.0765. The lowest BCUT2D eigenvalue weighted by Crippen LogP contribution is -2.33. The summed E-state index contributed by atoms with van der Waals surface area (Å²) >= 11 is 3.47. The van der Waals surface area contributed by atoms with Crippen LogP contribution in [0.2, 0.25) is 13.1 Å². The van der Waals surface area contributed by atoms with Gasteiger partial charge in [-0.25, -0.2) is 0 Å². The van der Waals surface area contributed by atoms with E-state index in [2.05, 4.69) is 49.8 Å². The average molecular weight is 281 g/mol. The maximum absolute atomic E-state index is 6.08. The van der Waals surface area contributed by atoms with E-state index in [1.165, 1.54) is 19.3 Å². The zero-order chi connectivity index (χ0) is 11.2. The standard InChI is InChI=1S/C11H25BrOSi/c1-11(2,3)10(13-14(4)5)8-6-7-9-12/h10,14H,6-9H2,1-5H3. The summed E-state index contributed by atoms with van der Waals surface area (Å²) < 4.78 is 6.08. The van der Waals surface area contributed by atoms with Crippen LogP contribution in [0.3, 0.4) is 0 Å². The Morgan fingerprint density at radius 1 is 1.21 bits per heavy atom. The van der Waals surface area contributed by atoms with Crippen LogP contribution < -0.4 is 0 Å². The van der Waals surface area contributed by atoms with E-state index >= 15 is 0 Å². The van der Waals surface area contributed by atoms with Gasteiger partial charge in [0.1, 0.15) is 0 Å². The molecule has 0 fully saturated rings. The van der Waals surface area contributed by atoms with Gasteiger partial charge in [0, 0.05) is 11.4 Å². The SMILES string of the molecule is C[SiH](C)OC(CCCCBr)C(C)(C)C. The molecule has 0 aromatic heterocycles. The van der Waals surface area contributed by atoms with Crippen LogP contribution in [0.5, 0.6) is 0 Å². The topological polar surface area (TPSA) is 9.23 Å². The third-order valence-corrected chi connectivity index (χ3v) is 3.69. The van der Waals surface area contributed by atoms with Crippen LogP contribution in [0.4, 0.5) is 0 Å². The van der Waals surface area contributed by atoms with Gasteiger partial charge in [-0.3, -0.25) is 0 Å². The second-order valence-corrected chi connectivity index (χ2v) is 8.39. The van der Waals surface area contributed by atoms with Crippen LogP contribution in [0, 0.1) is 5.41 Å². The van der Waals surface area contributed by atoms with Crippen LogP contribution in [-0.4, -0.2) is 20.5 Å². The predicted octanol–water partition coefficient (Wildman–Crippen LogP) is 3.97. The molecule has 3 heteroatoms. The van der Waals surface area contributed by atoms with Gasteiger partial charge in [-0.1, -0.05) is 43.1 Å². The Morgan fingerprint density at radius 3 is 2.14 bits per heavy atom. The van der Waals surface area contributed by atoms with E-state index in [9.17, 15) is 0 Å². The van der Waals surface area contributed by atoms with E-state index in [0.29, 0.717) is 11.5 Å². The molecule has 0 saturated heterocycles. The molecule has 0 bridgehead atoms. The second kappa shape index (κ2) is 7.02. The summed E-state index contributed by atoms with van der Waals surface area (Å²) in [6, 6.07) is 0. The van der Waals surface area contributed by atoms with E-state index in [1.807, 2.05) is 0 Å². The van der Waals surface area contributed by atoms with Crippen molar-refractivity contribution in [2.75, 3.05) is 5.33 Å². The monoisotopic (exact) mass is 280 g/mol. The van der Waals surface area contributed by atoms with Gasteiger partial charge in [0.15, 0.2) is 9.04 Å². The highest BCUT2D eigenvalue weighted by molar-refractivity contribution is 9.09. The number of alkyl halides is 1. The summed E-state index contributed by atoms with van der Waals surface area (Å²) in [4.78, 5) is 0. The normalized spacial score (nSPS) is 14.8. The van der Waals surface area contributed by atoms with Crippen molar-refractivity contribution in [3.05, 3.63) is 0 Å². The van der Waals surface area contributed by atoms with Crippen molar-refractivity contribution < 1.29 is 4.43 Å². The van der Waals surface area contributed by atoms with Gasteiger partial charge in [-0.2, -0.15) is 0 Å². The molecular formula is C11H25BrOSi. The molecule has 0 aliphatic carbocycles. The van der Waals surface area contributed by atoms with E-state index in [0.717, 1.165) is 5.33 Å². The van der Waals surface area contributed by atoms with Crippen molar-refractivity contribution >= 4 is 25.0 Å². The number of unbranched alkanes of at least 4 members (excludes halogenated alkanes) is 1. The fraction of sp³-hybridized carbons (Fsp3) is 1.00. The lowest BCUT2D eigenvalue weighted by Gasteiger charge is -2.32. The minimum absolute atomic E-state index is 0.295. The van der Waals surface area contributed by atoms with Gasteiger partial charge < -0.3 is 4.43 Å². The molecule has 14 heavy (non-hydrogen) atoms. The van der Waals surface area contributed by atoms with Crippen molar-refractivity contribution in [2.45, 2.75) is 59.2 Å². The number of hydrogen-bond acceptors (Lipinski definition) is 1. The molecule has 0 aromatic carbocycles. The van der Waals surface area contributed by atoms with E-state index in [1.54, 1.807) is 0 Å². The van der Waals surface area contributed by atoms with E-state index in [-0.39, 0.29) is 0 Å². The zero-order valence-electron chi connectivity index (χ0n) is 10.3. The van der Waals surface area contributed by atoms with Gasteiger partial charge in [-0.05, 0) is 31.4 Å². The Balaban J connectivity index is 3.99. The third-order valence-electron chi connectivity index (χ3n) is 2.25. The molecule has 0 saturated carbocycles. The predicted molar refractivity (Wildman–Crippen MR) is 70.9 cm³/mol. The molecule has 0 amide bonds. The van der Waals surface area contributed by atoms with Crippen molar-refractivity contribution in [1.82, 2.24) is 0 Å². The summed E-state index contributed by atoms with van der Waals surface area (Å²) in [7, 11) is -0.891. The van der Waals surface area contributed by atoms with Crippen LogP contribution in [0.25, 0.3) is 0 Å². The average Bonchev–Trinajstić information content (AvgIpc) is 2.00. The molecule has 0 aliphatic rings. The van der Waals surface area contributed by atoms with E-state index < -0.39 is 9.04 Å². The van der Waals surface area contributed by atoms with Crippen molar-refractivity contribution in [1.29, 1.82) is 0 Å². The summed E-state index contributed by atoms with van der Waals surface area (Å²) in [5, 5.41) is 1.11. The first-order valence-electron chi connectivity index (χ1n) is 5.59. The zero-order valence-corrected chi connectivity index (χ0v) is 13.0. The fourth-order valence-corrected chi connectivity index (χ4v) is 3.06. The Kier molecular flexibility index (Phi) is 7.35. The van der Waals surface area contributed by atoms with Gasteiger partial charge in [0.2, 0.25) is 0 Å². The summed E-state index contributed by atoms with van der Waals surface area (Å²) in [6.45, 7) is 11.3. The Morgan fingerprint density at radius 2 is 1.79 bits per heavy atom. The fourth-order valence-electron chi connectivity index (χ4n) is 1.46. The van der Waals surface area contributed by atoms with Gasteiger partial charge >= 0.3 is 0 Å². The number of halogens is 1. The van der Waals surface area contributed by atoms with Crippen LogP contribution >= 0.6 is 15.9 Å². The molecule has 1 nitrogen and oxygen atoms in total. The van der Waals surface area contributed by atoms with Crippen LogP contribution in [0.1, 0.15) is 40.0 Å². The molecule has 0 aliphatic heterocycles. The molecule has 1 unspecified atom stereocenters. The second-order valence-electron chi connectivity index (χ2n) is 5.22. The first-order valence-corrected chi connectivity index (χ1v) is 9.49. The Hall–Kier alpha value is 0.657. The van der Waals surface area contributed by atoms with E-state index in [4.69, 9.17) is 4.43 Å². The molecule has 0 heterocycles. The summed E-state index contributed by atoms with van der Waals surface area (Å²) in [5.41, 5.74) is 0.295. The third kappa shape index (κ3) is 7.02. The molecule has 0 N–H and O–H groups in total. The molecule has 0 spiro atoms. The van der Waals surface area contributed by atoms with Gasteiger partial charge in [-0.15, -0.1) is 0 Å². The van der Waals surface area contributed by atoms with Gasteiger partial charge in [0.25, 0.3) is 0 Å². The molecule has 86 valence electrons. The first kappa shape index (κ1) is 14.7. The Labute approximate surface area is 99.5 Å². The van der Waals surface area contributed by atoms with Crippen molar-refractivity contribution in [3.8, 4) is 0 Å². The quantitative estimate of drug-likeness (QED) is 0.407. The minimum atomic E-state index is -0.891. The number of rotatable bonds is 6. The molecule has 0 rings (SSSR count). The lowest BCUT2D eigenvalue weighted by atomic mass is 9.86. The highest BCUT2D eigenvalue weighted by Gasteiger charge is 2.25. The minimum Gasteiger partial charge on any atom is -0.417 e. The van der Waals surface area contributed by atoms with Crippen molar-refractivity contribution in [3.63, 3.8) is 0 Å². The maximum Gasteiger partial charge on any atom is 0.171 e. The Bertz CT molecular complexity index is 143. The summed E-state index contributed by atoms with van der Waals surface area (Å²) in [5.74, 6) is 0. The molecule has 0 radical (unpaired) electrons. The molecular weight excluding hydrogens is 256 g/mol. The maximum atomic E-state index is 6.08. The highest BCUT2D eigenvalue weighted by Crippen LogP contribution is 2.27. The summed E-state index contributed by atoms with van der Waals surface area (Å²) in [6.07, 6.45) is 4.19. The largest absolute Gasteiger partial charge is 0.417 e. The van der Waals surface area contributed by atoms with Crippen molar-refractivity contribution in [2.24, 2.45) is 5.41 Å².